The molecule has 2 heterocycles. The van der Waals surface area contributed by atoms with Crippen molar-refractivity contribution in [2.24, 2.45) is 5.73 Å². The number of nitrogens with two attached hydrogens (primary N) is 1. The second-order valence-electron chi connectivity index (χ2n) is 3.63. The van der Waals surface area contributed by atoms with Crippen molar-refractivity contribution in [3.63, 3.8) is 0 Å². The Hall–Kier alpha value is -0.650. The van der Waals surface area contributed by atoms with Crippen molar-refractivity contribution in [2.75, 3.05) is 6.54 Å². The van der Waals surface area contributed by atoms with Crippen molar-refractivity contribution < 1.29 is 0 Å². The van der Waals surface area contributed by atoms with Crippen LogP contribution in [0.25, 0.3) is 10.6 Å². The molecule has 0 aliphatic heterocycles. The van der Waals surface area contributed by atoms with Crippen molar-refractivity contribution in [3.05, 3.63) is 27.9 Å². The average molecular weight is 300 g/mol. The number of H-pyrrole nitrogens is 1. The van der Waals surface area contributed by atoms with Crippen LogP contribution in [0.4, 0.5) is 0 Å². The maximum absolute atomic E-state index is 5.70. The normalized spacial score (nSPS) is 12.9. The van der Waals surface area contributed by atoms with Crippen LogP contribution in [0.3, 0.4) is 0 Å². The monoisotopic (exact) mass is 299 g/mol. The number of rotatable bonds is 4. The van der Waals surface area contributed by atoms with Crippen LogP contribution in [-0.4, -0.2) is 16.5 Å². The van der Waals surface area contributed by atoms with Gasteiger partial charge in [0.15, 0.2) is 0 Å². The fourth-order valence-corrected chi connectivity index (χ4v) is 2.95. The van der Waals surface area contributed by atoms with E-state index in [1.165, 1.54) is 4.88 Å². The van der Waals surface area contributed by atoms with Gasteiger partial charge in [-0.25, -0.2) is 4.98 Å². The Morgan fingerprint density at radius 2 is 2.38 bits per heavy atom. The minimum absolute atomic E-state index is 0.331. The van der Waals surface area contributed by atoms with E-state index in [2.05, 4.69) is 38.9 Å². The van der Waals surface area contributed by atoms with Crippen molar-refractivity contribution in [2.45, 2.75) is 19.3 Å². The molecule has 0 amide bonds. The van der Waals surface area contributed by atoms with E-state index in [4.69, 9.17) is 5.73 Å². The SMILES string of the molecule is CCC(CN)c1ncc(-c2ccc(Br)s2)[nH]1. The molecular weight excluding hydrogens is 286 g/mol. The number of hydrogen-bond donors (Lipinski definition) is 2. The summed E-state index contributed by atoms with van der Waals surface area (Å²) in [5.41, 5.74) is 6.77. The lowest BCUT2D eigenvalue weighted by molar-refractivity contribution is 0.639. The Morgan fingerprint density at radius 3 is 2.94 bits per heavy atom. The molecule has 0 aliphatic rings. The first-order valence-corrected chi connectivity index (χ1v) is 6.86. The summed E-state index contributed by atoms with van der Waals surface area (Å²) in [6.07, 6.45) is 2.89. The van der Waals surface area contributed by atoms with E-state index in [9.17, 15) is 0 Å². The summed E-state index contributed by atoms with van der Waals surface area (Å²) in [6.45, 7) is 2.76. The minimum atomic E-state index is 0.331. The predicted molar refractivity (Wildman–Crippen MR) is 71.7 cm³/mol. The van der Waals surface area contributed by atoms with E-state index in [0.717, 1.165) is 21.7 Å². The van der Waals surface area contributed by atoms with Crippen LogP contribution in [0.5, 0.6) is 0 Å². The highest BCUT2D eigenvalue weighted by Gasteiger charge is 2.12. The molecule has 0 aliphatic carbocycles. The number of nitrogens with zero attached hydrogens (tertiary/aromatic N) is 1. The van der Waals surface area contributed by atoms with E-state index < -0.39 is 0 Å². The van der Waals surface area contributed by atoms with Crippen molar-refractivity contribution in [1.82, 2.24) is 9.97 Å². The zero-order valence-electron chi connectivity index (χ0n) is 9.03. The second-order valence-corrected chi connectivity index (χ2v) is 6.09. The van der Waals surface area contributed by atoms with E-state index in [-0.39, 0.29) is 0 Å². The molecular formula is C11H14BrN3S. The Bertz CT molecular complexity index is 459. The van der Waals surface area contributed by atoms with Crippen LogP contribution >= 0.6 is 27.3 Å². The standard InChI is InChI=1S/C11H14BrN3S/c1-2-7(5-13)11-14-6-8(15-11)9-3-4-10(12)16-9/h3-4,6-7H,2,5,13H2,1H3,(H,14,15). The Morgan fingerprint density at radius 1 is 1.56 bits per heavy atom. The molecule has 2 aromatic rings. The fourth-order valence-electron chi connectivity index (χ4n) is 1.60. The third-order valence-electron chi connectivity index (χ3n) is 2.60. The first kappa shape index (κ1) is 11.8. The molecule has 0 spiro atoms. The summed E-state index contributed by atoms with van der Waals surface area (Å²) in [7, 11) is 0. The largest absolute Gasteiger partial charge is 0.341 e. The molecule has 1 atom stereocenters. The fraction of sp³-hybridized carbons (Fsp3) is 0.364. The molecule has 86 valence electrons. The average Bonchev–Trinajstić information content (AvgIpc) is 2.89. The van der Waals surface area contributed by atoms with Gasteiger partial charge >= 0.3 is 0 Å². The van der Waals surface area contributed by atoms with Gasteiger partial charge in [-0.05, 0) is 34.5 Å². The number of aromatic amines is 1. The number of nitrogens with one attached hydrogen (secondary N) is 1. The molecule has 0 saturated carbocycles. The van der Waals surface area contributed by atoms with Crippen LogP contribution in [0.15, 0.2) is 22.1 Å². The smallest absolute Gasteiger partial charge is 0.110 e. The Labute approximate surface area is 107 Å². The number of hydrogen-bond acceptors (Lipinski definition) is 3. The number of imidazole rings is 1. The summed E-state index contributed by atoms with van der Waals surface area (Å²) >= 11 is 5.15. The van der Waals surface area contributed by atoms with Gasteiger partial charge < -0.3 is 10.7 Å². The van der Waals surface area contributed by atoms with Gasteiger partial charge in [-0.15, -0.1) is 11.3 Å². The molecule has 1 unspecified atom stereocenters. The third-order valence-corrected chi connectivity index (χ3v) is 4.26. The molecule has 0 saturated heterocycles. The van der Waals surface area contributed by atoms with E-state index in [1.807, 2.05) is 12.3 Å². The van der Waals surface area contributed by atoms with Crippen molar-refractivity contribution >= 4 is 27.3 Å². The summed E-state index contributed by atoms with van der Waals surface area (Å²) in [4.78, 5) is 8.93. The van der Waals surface area contributed by atoms with Gasteiger partial charge in [0.25, 0.3) is 0 Å². The highest BCUT2D eigenvalue weighted by molar-refractivity contribution is 9.11. The van der Waals surface area contributed by atoms with Gasteiger partial charge in [-0.3, -0.25) is 0 Å². The summed E-state index contributed by atoms with van der Waals surface area (Å²) in [6, 6.07) is 4.12. The third kappa shape index (κ3) is 2.36. The zero-order chi connectivity index (χ0) is 11.5. The number of halogens is 1. The zero-order valence-corrected chi connectivity index (χ0v) is 11.4. The minimum Gasteiger partial charge on any atom is -0.341 e. The molecule has 2 aromatic heterocycles. The molecule has 16 heavy (non-hydrogen) atoms. The van der Waals surface area contributed by atoms with Gasteiger partial charge in [0, 0.05) is 12.5 Å². The van der Waals surface area contributed by atoms with Crippen molar-refractivity contribution in [3.8, 4) is 10.6 Å². The van der Waals surface area contributed by atoms with Crippen LogP contribution in [0.2, 0.25) is 0 Å². The van der Waals surface area contributed by atoms with Crippen molar-refractivity contribution in [1.29, 1.82) is 0 Å². The summed E-state index contributed by atoms with van der Waals surface area (Å²) in [5.74, 6) is 1.32. The van der Waals surface area contributed by atoms with Crippen LogP contribution in [0.1, 0.15) is 25.1 Å². The van der Waals surface area contributed by atoms with Gasteiger partial charge in [-0.2, -0.15) is 0 Å². The molecule has 3 N–H and O–H groups in total. The second kappa shape index (κ2) is 5.12. The first-order chi connectivity index (χ1) is 7.74. The van der Waals surface area contributed by atoms with E-state index in [1.54, 1.807) is 11.3 Å². The lowest BCUT2D eigenvalue weighted by Crippen LogP contribution is -2.12. The maximum atomic E-state index is 5.70. The first-order valence-electron chi connectivity index (χ1n) is 5.25. The molecule has 0 radical (unpaired) electrons. The summed E-state index contributed by atoms with van der Waals surface area (Å²) in [5, 5.41) is 0. The van der Waals surface area contributed by atoms with Crippen LogP contribution in [-0.2, 0) is 0 Å². The van der Waals surface area contributed by atoms with Gasteiger partial charge in [-0.1, -0.05) is 6.92 Å². The molecule has 2 rings (SSSR count). The van der Waals surface area contributed by atoms with E-state index in [0.29, 0.717) is 12.5 Å². The number of thiophene rings is 1. The summed E-state index contributed by atoms with van der Waals surface area (Å²) < 4.78 is 1.13. The maximum Gasteiger partial charge on any atom is 0.110 e. The quantitative estimate of drug-likeness (QED) is 0.909. The molecule has 5 heteroatoms. The van der Waals surface area contributed by atoms with E-state index >= 15 is 0 Å². The van der Waals surface area contributed by atoms with Gasteiger partial charge in [0.1, 0.15) is 5.82 Å². The molecule has 0 bridgehead atoms. The molecule has 0 aromatic carbocycles. The highest BCUT2D eigenvalue weighted by atomic mass is 79.9. The highest BCUT2D eigenvalue weighted by Crippen LogP contribution is 2.30. The predicted octanol–water partition coefficient (Wildman–Crippen LogP) is 3.35. The topological polar surface area (TPSA) is 54.7 Å². The lowest BCUT2D eigenvalue weighted by Gasteiger charge is -2.07. The van der Waals surface area contributed by atoms with Crippen LogP contribution in [0, 0.1) is 0 Å². The van der Waals surface area contributed by atoms with Gasteiger partial charge in [0.2, 0.25) is 0 Å². The van der Waals surface area contributed by atoms with Gasteiger partial charge in [0.05, 0.1) is 20.6 Å². The molecule has 3 nitrogen and oxygen atoms in total. The molecule has 0 fully saturated rings. The Balaban J connectivity index is 2.25. The van der Waals surface area contributed by atoms with Crippen LogP contribution < -0.4 is 5.73 Å². The number of aromatic nitrogens is 2. The lowest BCUT2D eigenvalue weighted by atomic mass is 10.1. The Kier molecular flexibility index (Phi) is 3.78.